The van der Waals surface area contributed by atoms with E-state index in [1.807, 2.05) is 12.1 Å². The Morgan fingerprint density at radius 2 is 2.06 bits per heavy atom. The number of fused-ring (bicyclic) bond motifs is 1. The minimum atomic E-state index is -0.221. The van der Waals surface area contributed by atoms with Crippen molar-refractivity contribution >= 4 is 35.0 Å². The summed E-state index contributed by atoms with van der Waals surface area (Å²) in [5.41, 5.74) is 15.9. The Morgan fingerprint density at radius 3 is 2.79 bits per heavy atom. The molecule has 8 nitrogen and oxygen atoms in total. The van der Waals surface area contributed by atoms with Crippen LogP contribution in [0.3, 0.4) is 0 Å². The lowest BCUT2D eigenvalue weighted by molar-refractivity contribution is 0.186. The number of nitrogens with two attached hydrogens (primary N) is 2. The standard InChI is InChI=1S/C24H24ClN7OS/c25-20-18(4-7-29-22(20)28)34-19-12-30-23(17(13-33)31-19)32-8-5-24(6-9-32)10-16-14(11-26)2-1-3-15(16)21(24)27/h1-4,7,12,21,33H,5-6,8-10,13,27H2,(H2,28,29)/t21-/m1/s1. The Labute approximate surface area is 207 Å². The molecule has 1 aliphatic carbocycles. The van der Waals surface area contributed by atoms with Gasteiger partial charge in [-0.1, -0.05) is 35.5 Å². The molecule has 10 heteroatoms. The number of piperidine rings is 1. The van der Waals surface area contributed by atoms with E-state index in [-0.39, 0.29) is 23.9 Å². The molecule has 1 spiro atoms. The van der Waals surface area contributed by atoms with Crippen LogP contribution in [-0.4, -0.2) is 33.1 Å². The summed E-state index contributed by atoms with van der Waals surface area (Å²) in [7, 11) is 0. The third-order valence-electron chi connectivity index (χ3n) is 6.96. The first kappa shape index (κ1) is 22.9. The first-order valence-corrected chi connectivity index (χ1v) is 12.2. The predicted octanol–water partition coefficient (Wildman–Crippen LogP) is 3.47. The van der Waals surface area contributed by atoms with Gasteiger partial charge in [-0.05, 0) is 47.9 Å². The van der Waals surface area contributed by atoms with Crippen LogP contribution in [0.25, 0.3) is 0 Å². The summed E-state index contributed by atoms with van der Waals surface area (Å²) in [5, 5.41) is 20.5. The number of anilines is 2. The van der Waals surface area contributed by atoms with Crippen molar-refractivity contribution in [1.82, 2.24) is 15.0 Å². The van der Waals surface area contributed by atoms with Gasteiger partial charge in [0.15, 0.2) is 5.82 Å². The molecule has 0 saturated carbocycles. The number of benzene rings is 1. The summed E-state index contributed by atoms with van der Waals surface area (Å²) in [6, 6.07) is 9.84. The second-order valence-corrected chi connectivity index (χ2v) is 10.2. The SMILES string of the molecule is N#Cc1cccc2c1CC1(CCN(c3ncc(Sc4ccnc(N)c4Cl)nc3CO)CC1)[C@@H]2N. The van der Waals surface area contributed by atoms with Gasteiger partial charge in [-0.2, -0.15) is 5.26 Å². The fourth-order valence-electron chi connectivity index (χ4n) is 5.10. The molecule has 34 heavy (non-hydrogen) atoms. The number of hydrogen-bond acceptors (Lipinski definition) is 9. The van der Waals surface area contributed by atoms with Crippen LogP contribution in [0.1, 0.15) is 41.3 Å². The number of nitriles is 1. The van der Waals surface area contributed by atoms with E-state index in [0.29, 0.717) is 21.6 Å². The summed E-state index contributed by atoms with van der Waals surface area (Å²) in [5.74, 6) is 0.943. The zero-order valence-corrected chi connectivity index (χ0v) is 20.0. The van der Waals surface area contributed by atoms with Crippen LogP contribution in [0.5, 0.6) is 0 Å². The van der Waals surface area contributed by atoms with Gasteiger partial charge in [0, 0.05) is 30.2 Å². The number of rotatable bonds is 4. The highest BCUT2D eigenvalue weighted by atomic mass is 35.5. The highest BCUT2D eigenvalue weighted by Crippen LogP contribution is 2.51. The highest BCUT2D eigenvalue weighted by Gasteiger charge is 2.47. The van der Waals surface area contributed by atoms with Gasteiger partial charge in [0.25, 0.3) is 0 Å². The second kappa shape index (κ2) is 9.04. The van der Waals surface area contributed by atoms with Crippen molar-refractivity contribution in [3.05, 3.63) is 64.1 Å². The van der Waals surface area contributed by atoms with E-state index >= 15 is 0 Å². The average molecular weight is 494 g/mol. The number of nitrogens with zero attached hydrogens (tertiary/aromatic N) is 5. The molecule has 174 valence electrons. The second-order valence-electron chi connectivity index (χ2n) is 8.74. The molecule has 5 rings (SSSR count). The van der Waals surface area contributed by atoms with Crippen LogP contribution in [0.4, 0.5) is 11.6 Å². The maximum atomic E-state index is 10.0. The van der Waals surface area contributed by atoms with Gasteiger partial charge in [-0.25, -0.2) is 15.0 Å². The molecule has 0 bridgehead atoms. The topological polar surface area (TPSA) is 138 Å². The van der Waals surface area contributed by atoms with E-state index in [2.05, 4.69) is 32.0 Å². The van der Waals surface area contributed by atoms with Crippen LogP contribution in [0.2, 0.25) is 5.02 Å². The van der Waals surface area contributed by atoms with E-state index in [1.165, 1.54) is 11.8 Å². The first-order chi connectivity index (χ1) is 16.5. The fraction of sp³-hybridized carbons (Fsp3) is 0.333. The van der Waals surface area contributed by atoms with Gasteiger partial charge < -0.3 is 21.5 Å². The molecule has 1 saturated heterocycles. The Balaban J connectivity index is 1.33. The summed E-state index contributed by atoms with van der Waals surface area (Å²) < 4.78 is 0. The molecule has 1 fully saturated rings. The van der Waals surface area contributed by atoms with Crippen molar-refractivity contribution in [3.63, 3.8) is 0 Å². The third kappa shape index (κ3) is 3.87. The summed E-state index contributed by atoms with van der Waals surface area (Å²) in [6.07, 6.45) is 5.86. The maximum absolute atomic E-state index is 10.0. The van der Waals surface area contributed by atoms with Gasteiger partial charge in [-0.3, -0.25) is 0 Å². The number of aromatic nitrogens is 3. The Bertz CT molecular complexity index is 1290. The Hall–Kier alpha value is -2.90. The highest BCUT2D eigenvalue weighted by molar-refractivity contribution is 7.99. The van der Waals surface area contributed by atoms with Crippen LogP contribution in [0, 0.1) is 16.7 Å². The third-order valence-corrected chi connectivity index (χ3v) is 8.44. The molecular formula is C24H24ClN7OS. The summed E-state index contributed by atoms with van der Waals surface area (Å²) in [4.78, 5) is 16.1. The molecule has 3 aromatic rings. The number of nitrogen functional groups attached to an aromatic ring is 1. The normalized spacial score (nSPS) is 18.6. The van der Waals surface area contributed by atoms with Crippen molar-refractivity contribution in [2.45, 2.75) is 41.8 Å². The van der Waals surface area contributed by atoms with E-state index in [4.69, 9.17) is 23.1 Å². The number of halogens is 1. The number of pyridine rings is 1. The van der Waals surface area contributed by atoms with Crippen molar-refractivity contribution in [3.8, 4) is 6.07 Å². The molecule has 1 aliphatic heterocycles. The molecule has 3 heterocycles. The van der Waals surface area contributed by atoms with Crippen molar-refractivity contribution in [2.24, 2.45) is 11.1 Å². The Kier molecular flexibility index (Phi) is 6.08. The van der Waals surface area contributed by atoms with Gasteiger partial charge in [-0.15, -0.1) is 0 Å². The lowest BCUT2D eigenvalue weighted by atomic mass is 9.73. The van der Waals surface area contributed by atoms with Gasteiger partial charge in [0.05, 0.1) is 29.5 Å². The predicted molar refractivity (Wildman–Crippen MR) is 131 cm³/mol. The molecule has 2 aliphatic rings. The number of aliphatic hydroxyl groups is 1. The lowest BCUT2D eigenvalue weighted by Gasteiger charge is -2.42. The molecule has 0 amide bonds. The van der Waals surface area contributed by atoms with Crippen molar-refractivity contribution in [1.29, 1.82) is 5.26 Å². The number of aliphatic hydroxyl groups excluding tert-OH is 1. The Morgan fingerprint density at radius 1 is 1.26 bits per heavy atom. The summed E-state index contributed by atoms with van der Waals surface area (Å²) >= 11 is 7.58. The smallest absolute Gasteiger partial charge is 0.152 e. The molecule has 0 radical (unpaired) electrons. The van der Waals surface area contributed by atoms with Gasteiger partial charge >= 0.3 is 0 Å². The van der Waals surface area contributed by atoms with Gasteiger partial charge in [0.1, 0.15) is 16.5 Å². The zero-order chi connectivity index (χ0) is 23.9. The maximum Gasteiger partial charge on any atom is 0.152 e. The van der Waals surface area contributed by atoms with Gasteiger partial charge in [0.2, 0.25) is 0 Å². The molecule has 2 aromatic heterocycles. The molecule has 0 unspecified atom stereocenters. The van der Waals surface area contributed by atoms with Crippen molar-refractivity contribution in [2.75, 3.05) is 23.7 Å². The minimum absolute atomic E-state index is 0.0631. The quantitative estimate of drug-likeness (QED) is 0.498. The molecule has 1 atom stereocenters. The monoisotopic (exact) mass is 493 g/mol. The number of hydrogen-bond donors (Lipinski definition) is 3. The van der Waals surface area contributed by atoms with Crippen LogP contribution < -0.4 is 16.4 Å². The van der Waals surface area contributed by atoms with Crippen molar-refractivity contribution < 1.29 is 5.11 Å². The van der Waals surface area contributed by atoms with E-state index in [1.54, 1.807) is 18.5 Å². The van der Waals surface area contributed by atoms with E-state index in [0.717, 1.165) is 53.9 Å². The van der Waals surface area contributed by atoms with Crippen LogP contribution >= 0.6 is 23.4 Å². The fourth-order valence-corrected chi connectivity index (χ4v) is 6.13. The lowest BCUT2D eigenvalue weighted by Crippen LogP contribution is -2.45. The van der Waals surface area contributed by atoms with Crippen LogP contribution in [-0.2, 0) is 13.0 Å². The van der Waals surface area contributed by atoms with E-state index < -0.39 is 0 Å². The first-order valence-electron chi connectivity index (χ1n) is 11.0. The summed E-state index contributed by atoms with van der Waals surface area (Å²) in [6.45, 7) is 1.29. The molecule has 5 N–H and O–H groups in total. The zero-order valence-electron chi connectivity index (χ0n) is 18.4. The van der Waals surface area contributed by atoms with E-state index in [9.17, 15) is 10.4 Å². The van der Waals surface area contributed by atoms with Crippen LogP contribution in [0.15, 0.2) is 46.6 Å². The molecule has 1 aromatic carbocycles. The molecular weight excluding hydrogens is 470 g/mol. The minimum Gasteiger partial charge on any atom is -0.390 e. The average Bonchev–Trinajstić information content (AvgIpc) is 3.13. The largest absolute Gasteiger partial charge is 0.390 e.